The second-order valence-corrected chi connectivity index (χ2v) is 15.8. The number of nitrogens with one attached hydrogen (secondary N) is 1. The number of carbonyl (C=O) groups is 2. The van der Waals surface area contributed by atoms with Crippen LogP contribution in [-0.2, 0) is 14.3 Å². The fourth-order valence-electron chi connectivity index (χ4n) is 6.60. The van der Waals surface area contributed by atoms with Crippen LogP contribution in [0, 0.1) is 0 Å². The molecule has 0 aromatic carbocycles. The van der Waals surface area contributed by atoms with Crippen LogP contribution in [0.25, 0.3) is 0 Å². The SMILES string of the molecule is CC/C=C\C/C=C\C/C=C\C/C=C\C/C=C\C/C=C\C(CC(=O)NC(CO)C(O)CCCCCCCCCCC)OC(=O)CCCCC/C=C\CCCCCCCC. The van der Waals surface area contributed by atoms with E-state index in [4.69, 9.17) is 4.74 Å². The van der Waals surface area contributed by atoms with E-state index in [2.05, 4.69) is 99.0 Å². The second kappa shape index (κ2) is 45.1. The van der Waals surface area contributed by atoms with Gasteiger partial charge < -0.3 is 20.3 Å². The van der Waals surface area contributed by atoms with E-state index in [0.29, 0.717) is 19.3 Å². The second-order valence-electron chi connectivity index (χ2n) is 15.8. The van der Waals surface area contributed by atoms with Crippen LogP contribution in [0.2, 0.25) is 0 Å². The van der Waals surface area contributed by atoms with E-state index in [-0.39, 0.29) is 24.9 Å². The van der Waals surface area contributed by atoms with Crippen LogP contribution in [0.1, 0.15) is 207 Å². The van der Waals surface area contributed by atoms with Crippen molar-refractivity contribution >= 4 is 11.9 Å². The summed E-state index contributed by atoms with van der Waals surface area (Å²) < 4.78 is 5.79. The van der Waals surface area contributed by atoms with Crippen molar-refractivity contribution in [2.24, 2.45) is 0 Å². The molecule has 0 aromatic heterocycles. The van der Waals surface area contributed by atoms with Crippen LogP contribution in [0.5, 0.6) is 0 Å². The maximum Gasteiger partial charge on any atom is 0.306 e. The van der Waals surface area contributed by atoms with Crippen LogP contribution >= 0.6 is 0 Å². The Morgan fingerprint density at radius 2 is 0.966 bits per heavy atom. The topological polar surface area (TPSA) is 95.9 Å². The summed E-state index contributed by atoms with van der Waals surface area (Å²) in [5.41, 5.74) is 0. The van der Waals surface area contributed by atoms with Gasteiger partial charge in [0.1, 0.15) is 6.10 Å². The Labute approximate surface area is 357 Å². The molecule has 0 fully saturated rings. The Balaban J connectivity index is 4.84. The molecular formula is C52H89NO5. The van der Waals surface area contributed by atoms with Crippen molar-refractivity contribution in [2.45, 2.75) is 225 Å². The van der Waals surface area contributed by atoms with Gasteiger partial charge in [0.2, 0.25) is 5.91 Å². The Hall–Kier alpha value is -2.96. The number of allylic oxidation sites excluding steroid dienone is 13. The van der Waals surface area contributed by atoms with Crippen molar-refractivity contribution in [2.75, 3.05) is 6.61 Å². The average molecular weight is 808 g/mol. The minimum absolute atomic E-state index is 0.0570. The highest BCUT2D eigenvalue weighted by molar-refractivity contribution is 5.78. The lowest BCUT2D eigenvalue weighted by atomic mass is 10.0. The molecule has 0 aliphatic carbocycles. The third kappa shape index (κ3) is 39.8. The fraction of sp³-hybridized carbons (Fsp3) is 0.692. The molecule has 0 heterocycles. The molecule has 0 aliphatic heterocycles. The highest BCUT2D eigenvalue weighted by Crippen LogP contribution is 2.14. The zero-order valence-electron chi connectivity index (χ0n) is 37.6. The molecule has 3 unspecified atom stereocenters. The van der Waals surface area contributed by atoms with Gasteiger partial charge in [-0.3, -0.25) is 9.59 Å². The summed E-state index contributed by atoms with van der Waals surface area (Å²) in [6.07, 6.45) is 58.2. The van der Waals surface area contributed by atoms with Gasteiger partial charge in [-0.1, -0.05) is 196 Å². The van der Waals surface area contributed by atoms with Crippen molar-refractivity contribution < 1.29 is 24.5 Å². The van der Waals surface area contributed by atoms with E-state index in [0.717, 1.165) is 83.5 Å². The highest BCUT2D eigenvalue weighted by atomic mass is 16.5. The third-order valence-corrected chi connectivity index (χ3v) is 10.2. The molecule has 58 heavy (non-hydrogen) atoms. The zero-order valence-corrected chi connectivity index (χ0v) is 37.6. The monoisotopic (exact) mass is 808 g/mol. The standard InChI is InChI=1S/C52H89NO5/c1-4-7-10-13-16-19-21-23-24-25-26-28-29-32-34-37-40-43-48(58-52(57)45-42-39-36-33-30-27-22-20-17-14-11-8-5-2)46-51(56)53-49(47-54)50(55)44-41-38-35-31-18-15-12-9-6-3/h7,10,16,19,23-24,26-28,30,32,34,40,43,48-50,54-55H,4-6,8-9,11-15,17-18,20-22,25,29,31,33,35-39,41-42,44-47H2,1-3H3,(H,53,56)/b10-7-,19-16-,24-23-,28-26-,30-27-,34-32-,43-40-. The maximum atomic E-state index is 13.1. The average Bonchev–Trinajstić information content (AvgIpc) is 3.22. The van der Waals surface area contributed by atoms with Crippen molar-refractivity contribution in [3.63, 3.8) is 0 Å². The number of rotatable bonds is 41. The zero-order chi connectivity index (χ0) is 42.4. The Kier molecular flexibility index (Phi) is 42.8. The molecule has 0 radical (unpaired) electrons. The first-order valence-electron chi connectivity index (χ1n) is 23.8. The predicted molar refractivity (Wildman–Crippen MR) is 250 cm³/mol. The molecular weight excluding hydrogens is 719 g/mol. The summed E-state index contributed by atoms with van der Waals surface area (Å²) in [6.45, 7) is 6.28. The van der Waals surface area contributed by atoms with Crippen LogP contribution < -0.4 is 5.32 Å². The molecule has 3 N–H and O–H groups in total. The molecule has 0 bridgehead atoms. The number of aliphatic hydroxyl groups excluding tert-OH is 2. The molecule has 0 rings (SSSR count). The first-order valence-corrected chi connectivity index (χ1v) is 23.8. The number of esters is 1. The lowest BCUT2D eigenvalue weighted by Crippen LogP contribution is -2.46. The Morgan fingerprint density at radius 3 is 1.45 bits per heavy atom. The fourth-order valence-corrected chi connectivity index (χ4v) is 6.60. The molecule has 0 aliphatic rings. The molecule has 1 amide bonds. The van der Waals surface area contributed by atoms with E-state index in [1.807, 2.05) is 6.08 Å². The van der Waals surface area contributed by atoms with Gasteiger partial charge in [0.25, 0.3) is 0 Å². The van der Waals surface area contributed by atoms with Crippen molar-refractivity contribution in [3.05, 3.63) is 85.1 Å². The molecule has 332 valence electrons. The molecule has 6 heteroatoms. The van der Waals surface area contributed by atoms with Crippen molar-refractivity contribution in [3.8, 4) is 0 Å². The smallest absolute Gasteiger partial charge is 0.306 e. The highest BCUT2D eigenvalue weighted by Gasteiger charge is 2.23. The number of amides is 1. The lowest BCUT2D eigenvalue weighted by Gasteiger charge is -2.23. The van der Waals surface area contributed by atoms with Crippen LogP contribution in [0.4, 0.5) is 0 Å². The Bertz CT molecular complexity index is 1130. The molecule has 3 atom stereocenters. The van der Waals surface area contributed by atoms with Gasteiger partial charge in [0, 0.05) is 6.42 Å². The first kappa shape index (κ1) is 55.0. The van der Waals surface area contributed by atoms with E-state index < -0.39 is 18.2 Å². The number of aliphatic hydroxyl groups is 2. The first-order chi connectivity index (χ1) is 28.5. The minimum Gasteiger partial charge on any atom is -0.458 e. The number of ether oxygens (including phenoxy) is 1. The molecule has 6 nitrogen and oxygen atoms in total. The number of carbonyl (C=O) groups excluding carboxylic acids is 2. The number of unbranched alkanes of at least 4 members (excludes halogenated alkanes) is 17. The molecule has 0 saturated heterocycles. The largest absolute Gasteiger partial charge is 0.458 e. The van der Waals surface area contributed by atoms with Crippen LogP contribution in [0.15, 0.2) is 85.1 Å². The summed E-state index contributed by atoms with van der Waals surface area (Å²) in [5, 5.41) is 23.5. The summed E-state index contributed by atoms with van der Waals surface area (Å²) in [5.74, 6) is -0.657. The van der Waals surface area contributed by atoms with Gasteiger partial charge >= 0.3 is 5.97 Å². The van der Waals surface area contributed by atoms with Gasteiger partial charge in [0.15, 0.2) is 0 Å². The van der Waals surface area contributed by atoms with Crippen molar-refractivity contribution in [1.29, 1.82) is 0 Å². The van der Waals surface area contributed by atoms with E-state index in [1.165, 1.54) is 77.0 Å². The molecule has 0 spiro atoms. The molecule has 0 aromatic rings. The molecule has 0 saturated carbocycles. The summed E-state index contributed by atoms with van der Waals surface area (Å²) in [6, 6.07) is -0.747. The van der Waals surface area contributed by atoms with Crippen molar-refractivity contribution in [1.82, 2.24) is 5.32 Å². The third-order valence-electron chi connectivity index (χ3n) is 10.2. The number of hydrogen-bond donors (Lipinski definition) is 3. The van der Waals surface area contributed by atoms with E-state index in [9.17, 15) is 19.8 Å². The van der Waals surface area contributed by atoms with Gasteiger partial charge in [-0.2, -0.15) is 0 Å². The van der Waals surface area contributed by atoms with Gasteiger partial charge in [-0.05, 0) is 83.1 Å². The lowest BCUT2D eigenvalue weighted by molar-refractivity contribution is -0.148. The van der Waals surface area contributed by atoms with E-state index >= 15 is 0 Å². The van der Waals surface area contributed by atoms with Gasteiger partial charge in [-0.25, -0.2) is 0 Å². The summed E-state index contributed by atoms with van der Waals surface area (Å²) in [7, 11) is 0. The normalized spacial score (nSPS) is 14.1. The van der Waals surface area contributed by atoms with Gasteiger partial charge in [0.05, 0.1) is 25.2 Å². The van der Waals surface area contributed by atoms with Crippen LogP contribution in [0.3, 0.4) is 0 Å². The summed E-state index contributed by atoms with van der Waals surface area (Å²) >= 11 is 0. The predicted octanol–water partition coefficient (Wildman–Crippen LogP) is 14.0. The van der Waals surface area contributed by atoms with E-state index in [1.54, 1.807) is 6.08 Å². The van der Waals surface area contributed by atoms with Gasteiger partial charge in [-0.15, -0.1) is 0 Å². The quantitative estimate of drug-likeness (QED) is 0.0325. The van der Waals surface area contributed by atoms with Crippen LogP contribution in [-0.4, -0.2) is 46.9 Å². The number of hydrogen-bond acceptors (Lipinski definition) is 5. The Morgan fingerprint density at radius 1 is 0.534 bits per heavy atom. The minimum atomic E-state index is -0.823. The maximum absolute atomic E-state index is 13.1. The summed E-state index contributed by atoms with van der Waals surface area (Å²) in [4.78, 5) is 26.0.